The molecule has 6 heteroatoms. The zero-order valence-corrected chi connectivity index (χ0v) is 16.3. The third kappa shape index (κ3) is 4.82. The Morgan fingerprint density at radius 1 is 0.893 bits per heavy atom. The summed E-state index contributed by atoms with van der Waals surface area (Å²) < 4.78 is 10.5. The van der Waals surface area contributed by atoms with Crippen LogP contribution in [-0.2, 0) is 0 Å². The highest BCUT2D eigenvalue weighted by Crippen LogP contribution is 2.29. The molecule has 3 rings (SSSR count). The summed E-state index contributed by atoms with van der Waals surface area (Å²) in [5.41, 5.74) is 1.43. The van der Waals surface area contributed by atoms with Crippen molar-refractivity contribution < 1.29 is 19.1 Å². The van der Waals surface area contributed by atoms with Gasteiger partial charge in [0.1, 0.15) is 11.5 Å². The minimum Gasteiger partial charge on any atom is -0.497 e. The lowest BCUT2D eigenvalue weighted by molar-refractivity contribution is 0.0927. The van der Waals surface area contributed by atoms with Gasteiger partial charge in [0.2, 0.25) is 0 Å². The van der Waals surface area contributed by atoms with Gasteiger partial charge in [0.15, 0.2) is 0 Å². The van der Waals surface area contributed by atoms with E-state index in [4.69, 9.17) is 9.47 Å². The average molecular weight is 382 g/mol. The van der Waals surface area contributed by atoms with Crippen LogP contribution in [0.25, 0.3) is 0 Å². The smallest absolute Gasteiger partial charge is 0.255 e. The summed E-state index contributed by atoms with van der Waals surface area (Å²) in [6, 6.07) is 12.1. The fourth-order valence-electron chi connectivity index (χ4n) is 3.41. The summed E-state index contributed by atoms with van der Waals surface area (Å²) >= 11 is 0. The fraction of sp³-hybridized carbons (Fsp3) is 0.364. The van der Waals surface area contributed by atoms with Crippen LogP contribution in [0.15, 0.2) is 42.5 Å². The van der Waals surface area contributed by atoms with Crippen LogP contribution in [-0.4, -0.2) is 32.1 Å². The van der Waals surface area contributed by atoms with Gasteiger partial charge in [0.25, 0.3) is 11.8 Å². The van der Waals surface area contributed by atoms with E-state index in [9.17, 15) is 9.59 Å². The fourth-order valence-corrected chi connectivity index (χ4v) is 3.41. The second kappa shape index (κ2) is 9.26. The molecular formula is C22H26N2O4. The van der Waals surface area contributed by atoms with Crippen LogP contribution in [0.5, 0.6) is 11.5 Å². The number of hydrogen-bond acceptors (Lipinski definition) is 4. The van der Waals surface area contributed by atoms with Crippen molar-refractivity contribution >= 4 is 17.5 Å². The average Bonchev–Trinajstić information content (AvgIpc) is 2.74. The summed E-state index contributed by atoms with van der Waals surface area (Å²) in [5.74, 6) is 0.689. The Bertz CT molecular complexity index is 844. The van der Waals surface area contributed by atoms with E-state index in [1.54, 1.807) is 49.6 Å². The summed E-state index contributed by atoms with van der Waals surface area (Å²) in [4.78, 5) is 25.2. The topological polar surface area (TPSA) is 76.7 Å². The van der Waals surface area contributed by atoms with Crippen LogP contribution in [0.3, 0.4) is 0 Å². The zero-order chi connectivity index (χ0) is 19.9. The molecule has 1 aliphatic rings. The zero-order valence-electron chi connectivity index (χ0n) is 16.3. The van der Waals surface area contributed by atoms with Gasteiger partial charge in [-0.2, -0.15) is 0 Å². The van der Waals surface area contributed by atoms with Crippen molar-refractivity contribution in [2.45, 2.75) is 38.1 Å². The quantitative estimate of drug-likeness (QED) is 0.791. The molecule has 0 bridgehead atoms. The minimum atomic E-state index is -0.309. The van der Waals surface area contributed by atoms with Crippen molar-refractivity contribution in [2.75, 3.05) is 19.5 Å². The van der Waals surface area contributed by atoms with E-state index in [-0.39, 0.29) is 17.9 Å². The first-order valence-corrected chi connectivity index (χ1v) is 9.55. The van der Waals surface area contributed by atoms with Crippen molar-refractivity contribution in [3.63, 3.8) is 0 Å². The van der Waals surface area contributed by atoms with Crippen molar-refractivity contribution in [3.05, 3.63) is 53.6 Å². The number of ether oxygens (including phenoxy) is 2. The normalized spacial score (nSPS) is 14.2. The molecule has 1 fully saturated rings. The van der Waals surface area contributed by atoms with E-state index in [2.05, 4.69) is 10.6 Å². The molecule has 0 aromatic heterocycles. The summed E-state index contributed by atoms with van der Waals surface area (Å²) in [6.45, 7) is 0. The van der Waals surface area contributed by atoms with E-state index in [1.807, 2.05) is 0 Å². The highest BCUT2D eigenvalue weighted by molar-refractivity contribution is 6.06. The van der Waals surface area contributed by atoms with Gasteiger partial charge in [-0.3, -0.25) is 9.59 Å². The van der Waals surface area contributed by atoms with Gasteiger partial charge in [-0.1, -0.05) is 25.3 Å². The third-order valence-electron chi connectivity index (χ3n) is 4.98. The second-order valence-electron chi connectivity index (χ2n) is 6.91. The van der Waals surface area contributed by atoms with E-state index < -0.39 is 0 Å². The van der Waals surface area contributed by atoms with Crippen molar-refractivity contribution in [2.24, 2.45) is 0 Å². The Kier molecular flexibility index (Phi) is 6.53. The molecule has 2 N–H and O–H groups in total. The highest BCUT2D eigenvalue weighted by Gasteiger charge is 2.18. The number of benzene rings is 2. The molecular weight excluding hydrogens is 356 g/mol. The van der Waals surface area contributed by atoms with Crippen LogP contribution in [0.4, 0.5) is 5.69 Å². The second-order valence-corrected chi connectivity index (χ2v) is 6.91. The molecule has 2 amide bonds. The molecule has 0 unspecified atom stereocenters. The van der Waals surface area contributed by atoms with Crippen LogP contribution in [0.1, 0.15) is 52.8 Å². The summed E-state index contributed by atoms with van der Waals surface area (Å²) in [6.07, 6.45) is 5.57. The lowest BCUT2D eigenvalue weighted by Crippen LogP contribution is -2.36. The number of anilines is 1. The SMILES string of the molecule is COc1ccc(NC(=O)c2cccc(C(=O)NC3CCCCC3)c2)c(OC)c1. The standard InChI is InChI=1S/C22H26N2O4/c1-27-18-11-12-19(20(14-18)28-2)24-22(26)16-8-6-7-15(13-16)21(25)23-17-9-4-3-5-10-17/h6-8,11-14,17H,3-5,9-10H2,1-2H3,(H,23,25)(H,24,26). The first kappa shape index (κ1) is 19.7. The van der Waals surface area contributed by atoms with Crippen molar-refractivity contribution in [3.8, 4) is 11.5 Å². The van der Waals surface area contributed by atoms with Gasteiger partial charge >= 0.3 is 0 Å². The molecule has 0 radical (unpaired) electrons. The molecule has 1 aliphatic carbocycles. The van der Waals surface area contributed by atoms with Crippen molar-refractivity contribution in [1.29, 1.82) is 0 Å². The predicted molar refractivity (Wildman–Crippen MR) is 108 cm³/mol. The molecule has 0 atom stereocenters. The predicted octanol–water partition coefficient (Wildman–Crippen LogP) is 4.02. The minimum absolute atomic E-state index is 0.136. The van der Waals surface area contributed by atoms with Crippen molar-refractivity contribution in [1.82, 2.24) is 5.32 Å². The van der Waals surface area contributed by atoms with Gasteiger partial charge in [-0.15, -0.1) is 0 Å². The van der Waals surface area contributed by atoms with E-state index in [0.717, 1.165) is 25.7 Å². The monoisotopic (exact) mass is 382 g/mol. The number of carbonyl (C=O) groups is 2. The third-order valence-corrected chi connectivity index (χ3v) is 4.98. The molecule has 0 heterocycles. The Hall–Kier alpha value is -3.02. The van der Waals surface area contributed by atoms with E-state index in [1.165, 1.54) is 13.5 Å². The highest BCUT2D eigenvalue weighted by atomic mass is 16.5. The lowest BCUT2D eigenvalue weighted by atomic mass is 9.95. The van der Waals surface area contributed by atoms with Gasteiger partial charge in [-0.25, -0.2) is 0 Å². The number of rotatable bonds is 6. The van der Waals surface area contributed by atoms with Crippen LogP contribution in [0, 0.1) is 0 Å². The number of hydrogen-bond donors (Lipinski definition) is 2. The molecule has 0 spiro atoms. The molecule has 2 aromatic carbocycles. The number of carbonyl (C=O) groups excluding carboxylic acids is 2. The lowest BCUT2D eigenvalue weighted by Gasteiger charge is -2.22. The number of amides is 2. The molecule has 0 saturated heterocycles. The summed E-state index contributed by atoms with van der Waals surface area (Å²) in [7, 11) is 3.09. The maximum atomic E-state index is 12.7. The first-order valence-electron chi connectivity index (χ1n) is 9.55. The van der Waals surface area contributed by atoms with Crippen LogP contribution >= 0.6 is 0 Å². The molecule has 148 valence electrons. The van der Waals surface area contributed by atoms with E-state index in [0.29, 0.717) is 28.3 Å². The maximum Gasteiger partial charge on any atom is 0.255 e. The van der Waals surface area contributed by atoms with Crippen LogP contribution in [0.2, 0.25) is 0 Å². The van der Waals surface area contributed by atoms with Gasteiger partial charge < -0.3 is 20.1 Å². The summed E-state index contributed by atoms with van der Waals surface area (Å²) in [5, 5.41) is 5.90. The number of nitrogens with one attached hydrogen (secondary N) is 2. The first-order chi connectivity index (χ1) is 13.6. The molecule has 1 saturated carbocycles. The van der Waals surface area contributed by atoms with Gasteiger partial charge in [0, 0.05) is 23.2 Å². The molecule has 2 aromatic rings. The van der Waals surface area contributed by atoms with Crippen LogP contribution < -0.4 is 20.1 Å². The number of methoxy groups -OCH3 is 2. The maximum absolute atomic E-state index is 12.7. The Morgan fingerprint density at radius 3 is 2.29 bits per heavy atom. The Morgan fingerprint density at radius 2 is 1.61 bits per heavy atom. The van der Waals surface area contributed by atoms with Gasteiger partial charge in [-0.05, 0) is 43.2 Å². The Balaban J connectivity index is 1.71. The van der Waals surface area contributed by atoms with E-state index >= 15 is 0 Å². The van der Waals surface area contributed by atoms with Gasteiger partial charge in [0.05, 0.1) is 19.9 Å². The molecule has 6 nitrogen and oxygen atoms in total. The molecule has 28 heavy (non-hydrogen) atoms. The largest absolute Gasteiger partial charge is 0.497 e. The molecule has 0 aliphatic heterocycles. The Labute approximate surface area is 165 Å².